The Kier molecular flexibility index (Phi) is 3.25. The van der Waals surface area contributed by atoms with Gasteiger partial charge in [0.1, 0.15) is 0 Å². The molecule has 0 aromatic carbocycles. The van der Waals surface area contributed by atoms with Crippen LogP contribution < -0.4 is 16.4 Å². The summed E-state index contributed by atoms with van der Waals surface area (Å²) in [5.41, 5.74) is 4.86. The van der Waals surface area contributed by atoms with Gasteiger partial charge < -0.3 is 11.1 Å². The molecule has 5 nitrogen and oxygen atoms in total. The van der Waals surface area contributed by atoms with Gasteiger partial charge in [-0.05, 0) is 25.4 Å². The molecule has 1 fully saturated rings. The number of nitrogens with one attached hydrogen (secondary N) is 2. The van der Waals surface area contributed by atoms with Crippen LogP contribution in [0.3, 0.4) is 0 Å². The number of carbonyl (C=O) groups is 2. The third-order valence-corrected chi connectivity index (χ3v) is 2.37. The third kappa shape index (κ3) is 2.69. The number of carbonyl (C=O) groups excluding carboxylic acids is 2. The van der Waals surface area contributed by atoms with Crippen molar-refractivity contribution in [3.63, 3.8) is 0 Å². The Morgan fingerprint density at radius 1 is 1.54 bits per heavy atom. The van der Waals surface area contributed by atoms with E-state index >= 15 is 0 Å². The van der Waals surface area contributed by atoms with Gasteiger partial charge in [-0.2, -0.15) is 0 Å². The fraction of sp³-hybridized carbons (Fsp3) is 0.750. The molecule has 2 atom stereocenters. The zero-order valence-electron chi connectivity index (χ0n) is 7.67. The van der Waals surface area contributed by atoms with Crippen LogP contribution in [0.15, 0.2) is 0 Å². The summed E-state index contributed by atoms with van der Waals surface area (Å²) in [6.07, 6.45) is 0.764. The van der Waals surface area contributed by atoms with E-state index < -0.39 is 6.03 Å². The molecule has 13 heavy (non-hydrogen) atoms. The molecule has 5 heteroatoms. The molecule has 1 aliphatic heterocycles. The summed E-state index contributed by atoms with van der Waals surface area (Å²) in [7, 11) is 0. The largest absolute Gasteiger partial charge is 0.351 e. The van der Waals surface area contributed by atoms with E-state index in [1.807, 2.05) is 6.92 Å². The molecule has 74 valence electrons. The average molecular weight is 185 g/mol. The van der Waals surface area contributed by atoms with Gasteiger partial charge in [0.05, 0.1) is 0 Å². The first-order valence-corrected chi connectivity index (χ1v) is 4.42. The number of amides is 3. The molecule has 0 aromatic rings. The predicted molar refractivity (Wildman–Crippen MR) is 47.9 cm³/mol. The number of primary amides is 1. The number of hydrogen-bond acceptors (Lipinski definition) is 3. The van der Waals surface area contributed by atoms with Crippen LogP contribution in [0.25, 0.3) is 0 Å². The molecule has 1 aliphatic rings. The summed E-state index contributed by atoms with van der Waals surface area (Å²) in [5.74, 6) is -0.0802. The predicted octanol–water partition coefficient (Wildman–Crippen LogP) is -0.573. The van der Waals surface area contributed by atoms with Gasteiger partial charge in [0.2, 0.25) is 5.91 Å². The van der Waals surface area contributed by atoms with Crippen LogP contribution in [0.2, 0.25) is 0 Å². The van der Waals surface area contributed by atoms with Crippen molar-refractivity contribution < 1.29 is 9.59 Å². The van der Waals surface area contributed by atoms with Crippen molar-refractivity contribution in [2.45, 2.75) is 13.3 Å². The van der Waals surface area contributed by atoms with E-state index in [1.165, 1.54) is 0 Å². The van der Waals surface area contributed by atoms with Gasteiger partial charge in [-0.15, -0.1) is 0 Å². The number of piperidine rings is 1. The zero-order valence-corrected chi connectivity index (χ0v) is 7.67. The molecule has 0 saturated carbocycles. The molecule has 1 rings (SSSR count). The molecule has 1 heterocycles. The zero-order chi connectivity index (χ0) is 9.84. The van der Waals surface area contributed by atoms with Crippen molar-refractivity contribution in [2.24, 2.45) is 17.6 Å². The Morgan fingerprint density at radius 3 is 2.77 bits per heavy atom. The molecule has 0 radical (unpaired) electrons. The minimum Gasteiger partial charge on any atom is -0.351 e. The van der Waals surface area contributed by atoms with Crippen LogP contribution in [0.5, 0.6) is 0 Å². The van der Waals surface area contributed by atoms with E-state index in [9.17, 15) is 9.59 Å². The molecule has 0 aliphatic carbocycles. The van der Waals surface area contributed by atoms with Crippen LogP contribution in [-0.4, -0.2) is 25.0 Å². The lowest BCUT2D eigenvalue weighted by Gasteiger charge is -2.27. The van der Waals surface area contributed by atoms with Crippen LogP contribution >= 0.6 is 0 Å². The van der Waals surface area contributed by atoms with Crippen molar-refractivity contribution in [3.05, 3.63) is 0 Å². The molecular formula is C8H15N3O2. The topological polar surface area (TPSA) is 84.2 Å². The maximum Gasteiger partial charge on any atom is 0.318 e. The number of rotatable bonds is 1. The number of nitrogens with two attached hydrogens (primary N) is 1. The average Bonchev–Trinajstić information content (AvgIpc) is 2.03. The lowest BCUT2D eigenvalue weighted by molar-refractivity contribution is -0.126. The van der Waals surface area contributed by atoms with E-state index in [0.717, 1.165) is 19.5 Å². The second kappa shape index (κ2) is 4.23. The van der Waals surface area contributed by atoms with Crippen molar-refractivity contribution in [2.75, 3.05) is 13.1 Å². The molecule has 2 unspecified atom stereocenters. The normalized spacial score (nSPS) is 28.1. The summed E-state index contributed by atoms with van der Waals surface area (Å²) in [6.45, 7) is 3.62. The van der Waals surface area contributed by atoms with Crippen molar-refractivity contribution >= 4 is 11.9 Å². The fourth-order valence-electron chi connectivity index (χ4n) is 1.62. The van der Waals surface area contributed by atoms with Crippen molar-refractivity contribution in [1.82, 2.24) is 10.6 Å². The Bertz CT molecular complexity index is 217. The maximum absolute atomic E-state index is 11.4. The molecule has 0 bridgehead atoms. The highest BCUT2D eigenvalue weighted by Gasteiger charge is 2.27. The van der Waals surface area contributed by atoms with Gasteiger partial charge in [0.15, 0.2) is 0 Å². The van der Waals surface area contributed by atoms with Crippen LogP contribution in [0.4, 0.5) is 4.79 Å². The van der Waals surface area contributed by atoms with Gasteiger partial charge >= 0.3 is 6.03 Å². The fourth-order valence-corrected chi connectivity index (χ4v) is 1.62. The maximum atomic E-state index is 11.4. The molecule has 1 saturated heterocycles. The summed E-state index contributed by atoms with van der Waals surface area (Å²) in [5, 5.41) is 5.29. The summed E-state index contributed by atoms with van der Waals surface area (Å²) < 4.78 is 0. The molecule has 3 amide bonds. The van der Waals surface area contributed by atoms with Crippen LogP contribution in [-0.2, 0) is 4.79 Å². The minimum absolute atomic E-state index is 0.0891. The van der Waals surface area contributed by atoms with E-state index in [1.54, 1.807) is 0 Å². The van der Waals surface area contributed by atoms with Crippen molar-refractivity contribution in [3.8, 4) is 0 Å². The highest BCUT2D eigenvalue weighted by Crippen LogP contribution is 2.18. The summed E-state index contributed by atoms with van der Waals surface area (Å²) in [4.78, 5) is 21.8. The van der Waals surface area contributed by atoms with Crippen molar-refractivity contribution in [1.29, 1.82) is 0 Å². The highest BCUT2D eigenvalue weighted by molar-refractivity contribution is 5.94. The number of urea groups is 1. The molecule has 4 N–H and O–H groups in total. The lowest BCUT2D eigenvalue weighted by atomic mass is 9.87. The molecule has 0 aromatic heterocycles. The third-order valence-electron chi connectivity index (χ3n) is 2.37. The highest BCUT2D eigenvalue weighted by atomic mass is 16.2. The summed E-state index contributed by atoms with van der Waals surface area (Å²) >= 11 is 0. The molecule has 0 spiro atoms. The first-order chi connectivity index (χ1) is 6.11. The van der Waals surface area contributed by atoms with Crippen LogP contribution in [0.1, 0.15) is 13.3 Å². The molecular weight excluding hydrogens is 170 g/mol. The Morgan fingerprint density at radius 2 is 2.23 bits per heavy atom. The summed E-state index contributed by atoms with van der Waals surface area (Å²) in [6, 6.07) is -0.768. The monoisotopic (exact) mass is 185 g/mol. The van der Waals surface area contributed by atoms with Gasteiger partial charge in [-0.1, -0.05) is 6.92 Å². The van der Waals surface area contributed by atoms with E-state index in [4.69, 9.17) is 5.73 Å². The van der Waals surface area contributed by atoms with E-state index in [2.05, 4.69) is 10.6 Å². The lowest BCUT2D eigenvalue weighted by Crippen LogP contribution is -2.46. The van der Waals surface area contributed by atoms with E-state index in [0.29, 0.717) is 0 Å². The Labute approximate surface area is 77.1 Å². The van der Waals surface area contributed by atoms with Gasteiger partial charge in [0, 0.05) is 5.92 Å². The van der Waals surface area contributed by atoms with E-state index in [-0.39, 0.29) is 17.7 Å². The van der Waals surface area contributed by atoms with Gasteiger partial charge in [-0.25, -0.2) is 4.79 Å². The number of hydrogen-bond donors (Lipinski definition) is 3. The number of imide groups is 1. The first-order valence-electron chi connectivity index (χ1n) is 4.42. The first kappa shape index (κ1) is 9.98. The SMILES string of the molecule is CC1CNCCC1C(=O)NC(N)=O. The quantitative estimate of drug-likeness (QED) is 0.511. The standard InChI is InChI=1S/C8H15N3O2/c1-5-4-10-3-2-6(5)7(12)11-8(9)13/h5-6,10H,2-4H2,1H3,(H3,9,11,12,13). The second-order valence-electron chi connectivity index (χ2n) is 3.43. The smallest absolute Gasteiger partial charge is 0.318 e. The van der Waals surface area contributed by atoms with Crippen LogP contribution in [0, 0.1) is 11.8 Å². The minimum atomic E-state index is -0.768. The van der Waals surface area contributed by atoms with Gasteiger partial charge in [0.25, 0.3) is 0 Å². The Balaban J connectivity index is 2.48. The second-order valence-corrected chi connectivity index (χ2v) is 3.43. The van der Waals surface area contributed by atoms with Gasteiger partial charge in [-0.3, -0.25) is 10.1 Å². The Hall–Kier alpha value is -1.10.